The van der Waals surface area contributed by atoms with E-state index in [0.717, 1.165) is 5.56 Å². The van der Waals surface area contributed by atoms with Crippen molar-refractivity contribution in [1.82, 2.24) is 9.80 Å². The summed E-state index contributed by atoms with van der Waals surface area (Å²) < 4.78 is 10.6. The first kappa shape index (κ1) is 17.5. The number of amides is 2. The van der Waals surface area contributed by atoms with Crippen LogP contribution in [0, 0.1) is 0 Å². The Hall–Kier alpha value is -2.31. The Kier molecular flexibility index (Phi) is 5.73. The third kappa shape index (κ3) is 4.41. The quantitative estimate of drug-likeness (QED) is 0.819. The minimum Gasteiger partial charge on any atom is -0.459 e. The molecule has 0 spiro atoms. The molecule has 2 aromatic rings. The number of furan rings is 1. The van der Waals surface area contributed by atoms with Crippen molar-refractivity contribution >= 4 is 23.4 Å². The minimum atomic E-state index is -0.146. The lowest BCUT2D eigenvalue weighted by atomic mass is 10.2. The predicted molar refractivity (Wildman–Crippen MR) is 92.3 cm³/mol. The maximum Gasteiger partial charge on any atom is 0.289 e. The molecule has 1 saturated heterocycles. The van der Waals surface area contributed by atoms with E-state index in [1.165, 1.54) is 6.26 Å². The summed E-state index contributed by atoms with van der Waals surface area (Å²) in [6, 6.07) is 10.7. The molecule has 1 aromatic heterocycles. The number of benzene rings is 1. The summed E-state index contributed by atoms with van der Waals surface area (Å²) in [5.41, 5.74) is 0.853. The third-order valence-electron chi connectivity index (χ3n) is 4.09. The summed E-state index contributed by atoms with van der Waals surface area (Å²) in [7, 11) is 0. The van der Waals surface area contributed by atoms with E-state index in [4.69, 9.17) is 20.8 Å². The largest absolute Gasteiger partial charge is 0.459 e. The van der Waals surface area contributed by atoms with Gasteiger partial charge in [0.05, 0.1) is 12.9 Å². The Labute approximate surface area is 150 Å². The number of carbonyl (C=O) groups excluding carboxylic acids is 2. The van der Waals surface area contributed by atoms with E-state index < -0.39 is 0 Å². The van der Waals surface area contributed by atoms with Crippen molar-refractivity contribution in [2.45, 2.75) is 6.61 Å². The van der Waals surface area contributed by atoms with Crippen LogP contribution in [-0.2, 0) is 16.1 Å². The molecule has 2 heterocycles. The molecule has 1 aromatic carbocycles. The summed E-state index contributed by atoms with van der Waals surface area (Å²) in [5.74, 6) is 0.0899. The lowest BCUT2D eigenvalue weighted by Gasteiger charge is -2.34. The topological polar surface area (TPSA) is 63.0 Å². The number of hydrogen-bond donors (Lipinski definition) is 0. The fourth-order valence-electron chi connectivity index (χ4n) is 2.67. The van der Waals surface area contributed by atoms with Gasteiger partial charge in [0, 0.05) is 31.2 Å². The van der Waals surface area contributed by atoms with Crippen molar-refractivity contribution in [2.75, 3.05) is 32.8 Å². The molecule has 0 radical (unpaired) electrons. The Balaban J connectivity index is 1.42. The van der Waals surface area contributed by atoms with Crippen LogP contribution in [0.15, 0.2) is 47.1 Å². The molecule has 0 aliphatic carbocycles. The van der Waals surface area contributed by atoms with E-state index in [1.807, 2.05) is 18.2 Å². The highest BCUT2D eigenvalue weighted by atomic mass is 35.5. The van der Waals surface area contributed by atoms with Crippen molar-refractivity contribution in [2.24, 2.45) is 0 Å². The van der Waals surface area contributed by atoms with Gasteiger partial charge in [-0.2, -0.15) is 0 Å². The standard InChI is InChI=1S/C18H19ClN2O4/c19-15-5-2-1-4-14(15)12-24-13-17(22)20-7-9-21(10-8-20)18(23)16-6-3-11-25-16/h1-6,11H,7-10,12-13H2. The first-order valence-electron chi connectivity index (χ1n) is 8.07. The molecular formula is C18H19ClN2O4. The van der Waals surface area contributed by atoms with Crippen molar-refractivity contribution in [3.05, 3.63) is 59.0 Å². The van der Waals surface area contributed by atoms with Gasteiger partial charge in [-0.15, -0.1) is 0 Å². The van der Waals surface area contributed by atoms with E-state index in [2.05, 4.69) is 0 Å². The van der Waals surface area contributed by atoms with E-state index in [9.17, 15) is 9.59 Å². The molecule has 0 atom stereocenters. The molecule has 1 aliphatic heterocycles. The van der Waals surface area contributed by atoms with E-state index in [-0.39, 0.29) is 18.4 Å². The molecule has 3 rings (SSSR count). The number of ether oxygens (including phenoxy) is 1. The van der Waals surface area contributed by atoms with Crippen LogP contribution in [0.5, 0.6) is 0 Å². The van der Waals surface area contributed by atoms with Crippen LogP contribution in [0.3, 0.4) is 0 Å². The van der Waals surface area contributed by atoms with Gasteiger partial charge in [0.2, 0.25) is 5.91 Å². The Morgan fingerprint density at radius 1 is 1.04 bits per heavy atom. The Bertz CT molecular complexity index is 724. The van der Waals surface area contributed by atoms with Crippen molar-refractivity contribution in [3.8, 4) is 0 Å². The highest BCUT2D eigenvalue weighted by molar-refractivity contribution is 6.31. The second-order valence-corrected chi connectivity index (χ2v) is 6.14. The van der Waals surface area contributed by atoms with Gasteiger partial charge in [0.1, 0.15) is 6.61 Å². The first-order valence-corrected chi connectivity index (χ1v) is 8.44. The number of hydrogen-bond acceptors (Lipinski definition) is 4. The van der Waals surface area contributed by atoms with Crippen LogP contribution >= 0.6 is 11.6 Å². The highest BCUT2D eigenvalue weighted by Gasteiger charge is 2.25. The molecule has 25 heavy (non-hydrogen) atoms. The van der Waals surface area contributed by atoms with Crippen LogP contribution in [0.2, 0.25) is 5.02 Å². The maximum atomic E-state index is 12.2. The van der Waals surface area contributed by atoms with Gasteiger partial charge in [-0.25, -0.2) is 0 Å². The third-order valence-corrected chi connectivity index (χ3v) is 4.46. The summed E-state index contributed by atoms with van der Waals surface area (Å²) in [5, 5.41) is 0.625. The second kappa shape index (κ2) is 8.18. The van der Waals surface area contributed by atoms with E-state index in [1.54, 1.807) is 28.0 Å². The van der Waals surface area contributed by atoms with Crippen LogP contribution < -0.4 is 0 Å². The lowest BCUT2D eigenvalue weighted by Crippen LogP contribution is -2.51. The zero-order valence-electron chi connectivity index (χ0n) is 13.7. The van der Waals surface area contributed by atoms with Gasteiger partial charge >= 0.3 is 0 Å². The molecule has 1 fully saturated rings. The second-order valence-electron chi connectivity index (χ2n) is 5.73. The molecule has 6 nitrogen and oxygen atoms in total. The molecule has 1 aliphatic rings. The molecule has 0 unspecified atom stereocenters. The fraction of sp³-hybridized carbons (Fsp3) is 0.333. The van der Waals surface area contributed by atoms with Crippen LogP contribution in [0.1, 0.15) is 16.1 Å². The molecule has 0 saturated carbocycles. The number of piperazine rings is 1. The van der Waals surface area contributed by atoms with E-state index >= 15 is 0 Å². The smallest absolute Gasteiger partial charge is 0.289 e. The molecule has 0 N–H and O–H groups in total. The van der Waals surface area contributed by atoms with E-state index in [0.29, 0.717) is 43.6 Å². The van der Waals surface area contributed by atoms with Gasteiger partial charge in [0.15, 0.2) is 5.76 Å². The molecule has 2 amide bonds. The van der Waals surface area contributed by atoms with Crippen molar-refractivity contribution in [1.29, 1.82) is 0 Å². The molecule has 7 heteroatoms. The average Bonchev–Trinajstić information content (AvgIpc) is 3.17. The van der Waals surface area contributed by atoms with Crippen LogP contribution in [0.25, 0.3) is 0 Å². The van der Waals surface area contributed by atoms with Crippen LogP contribution in [0.4, 0.5) is 0 Å². The number of carbonyl (C=O) groups is 2. The van der Waals surface area contributed by atoms with Gasteiger partial charge in [-0.3, -0.25) is 9.59 Å². The summed E-state index contributed by atoms with van der Waals surface area (Å²) in [4.78, 5) is 27.8. The monoisotopic (exact) mass is 362 g/mol. The fourth-order valence-corrected chi connectivity index (χ4v) is 2.86. The summed E-state index contributed by atoms with van der Waals surface area (Å²) in [6.45, 7) is 2.23. The molecular weight excluding hydrogens is 344 g/mol. The SMILES string of the molecule is O=C(COCc1ccccc1Cl)N1CCN(C(=O)c2ccco2)CC1. The predicted octanol–water partition coefficient (Wildman–Crippen LogP) is 2.43. The van der Waals surface area contributed by atoms with Crippen LogP contribution in [-0.4, -0.2) is 54.4 Å². The Morgan fingerprint density at radius 3 is 2.44 bits per heavy atom. The zero-order valence-corrected chi connectivity index (χ0v) is 14.4. The first-order chi connectivity index (χ1) is 12.1. The highest BCUT2D eigenvalue weighted by Crippen LogP contribution is 2.16. The zero-order chi connectivity index (χ0) is 17.6. The lowest BCUT2D eigenvalue weighted by molar-refractivity contribution is -0.138. The number of nitrogens with zero attached hydrogens (tertiary/aromatic N) is 2. The molecule has 132 valence electrons. The van der Waals surface area contributed by atoms with Crippen molar-refractivity contribution in [3.63, 3.8) is 0 Å². The average molecular weight is 363 g/mol. The number of halogens is 1. The summed E-state index contributed by atoms with van der Waals surface area (Å²) in [6.07, 6.45) is 1.48. The maximum absolute atomic E-state index is 12.2. The number of rotatable bonds is 5. The normalized spacial score (nSPS) is 14.6. The van der Waals surface area contributed by atoms with Gasteiger partial charge < -0.3 is 19.0 Å². The molecule has 0 bridgehead atoms. The minimum absolute atomic E-state index is 0.00263. The van der Waals surface area contributed by atoms with Gasteiger partial charge in [0.25, 0.3) is 5.91 Å². The summed E-state index contributed by atoms with van der Waals surface area (Å²) >= 11 is 6.06. The van der Waals surface area contributed by atoms with Crippen molar-refractivity contribution < 1.29 is 18.7 Å². The van der Waals surface area contributed by atoms with Gasteiger partial charge in [-0.05, 0) is 23.8 Å². The van der Waals surface area contributed by atoms with Gasteiger partial charge in [-0.1, -0.05) is 29.8 Å². The Morgan fingerprint density at radius 2 is 1.76 bits per heavy atom.